The van der Waals surface area contributed by atoms with Gasteiger partial charge in [-0.3, -0.25) is 0 Å². The minimum absolute atomic E-state index is 0.184. The van der Waals surface area contributed by atoms with Crippen molar-refractivity contribution in [1.82, 2.24) is 5.32 Å². The lowest BCUT2D eigenvalue weighted by atomic mass is 10.1. The molecule has 0 heterocycles. The van der Waals surface area contributed by atoms with Crippen LogP contribution in [0.5, 0.6) is 0 Å². The zero-order valence-corrected chi connectivity index (χ0v) is 10.8. The Morgan fingerprint density at radius 1 is 1.33 bits per heavy atom. The van der Waals surface area contributed by atoms with E-state index in [4.69, 9.17) is 5.11 Å². The number of aliphatic hydroxyl groups excluding tert-OH is 1. The molecule has 3 heteroatoms. The number of hydrogen-bond acceptors (Lipinski definition) is 2. The average Bonchev–Trinajstić information content (AvgIpc) is 2.26. The van der Waals surface area contributed by atoms with Gasteiger partial charge < -0.3 is 10.4 Å². The van der Waals surface area contributed by atoms with Crippen molar-refractivity contribution in [2.24, 2.45) is 0 Å². The van der Waals surface area contributed by atoms with Gasteiger partial charge in [0.05, 0.1) is 6.61 Å². The number of rotatable bonds is 5. The van der Waals surface area contributed by atoms with Gasteiger partial charge in [-0.2, -0.15) is 0 Å². The molecule has 0 bridgehead atoms. The molecule has 0 saturated heterocycles. The molecule has 1 aromatic rings. The van der Waals surface area contributed by atoms with Crippen molar-refractivity contribution in [2.45, 2.75) is 32.4 Å². The lowest BCUT2D eigenvalue weighted by Crippen LogP contribution is -2.33. The van der Waals surface area contributed by atoms with Crippen molar-refractivity contribution < 1.29 is 5.11 Å². The molecule has 0 aliphatic heterocycles. The van der Waals surface area contributed by atoms with Crippen LogP contribution in [0.15, 0.2) is 28.7 Å². The van der Waals surface area contributed by atoms with Crippen LogP contribution in [-0.4, -0.2) is 17.8 Å². The summed E-state index contributed by atoms with van der Waals surface area (Å²) in [6.45, 7) is 4.38. The second-order valence-corrected chi connectivity index (χ2v) is 4.64. The zero-order valence-electron chi connectivity index (χ0n) is 9.20. The molecule has 1 rings (SSSR count). The molecular weight excluding hydrogens is 254 g/mol. The number of nitrogens with one attached hydrogen (secondary N) is 1. The van der Waals surface area contributed by atoms with Crippen molar-refractivity contribution in [1.29, 1.82) is 0 Å². The minimum Gasteiger partial charge on any atom is -0.395 e. The maximum Gasteiger partial charge on any atom is 0.0584 e. The largest absolute Gasteiger partial charge is 0.395 e. The van der Waals surface area contributed by atoms with Crippen molar-refractivity contribution >= 4 is 15.9 Å². The van der Waals surface area contributed by atoms with Gasteiger partial charge in [0.1, 0.15) is 0 Å². The molecule has 84 valence electrons. The van der Waals surface area contributed by atoms with Crippen LogP contribution in [0.2, 0.25) is 0 Å². The van der Waals surface area contributed by atoms with E-state index in [0.717, 1.165) is 10.9 Å². The fraction of sp³-hybridized carbons (Fsp3) is 0.500. The Bertz CT molecular complexity index is 282. The quantitative estimate of drug-likeness (QED) is 0.863. The molecular formula is C12H18BrNO. The van der Waals surface area contributed by atoms with Crippen LogP contribution in [0.3, 0.4) is 0 Å². The first-order valence-corrected chi connectivity index (χ1v) is 6.09. The van der Waals surface area contributed by atoms with E-state index in [2.05, 4.69) is 47.2 Å². The second kappa shape index (κ2) is 6.26. The van der Waals surface area contributed by atoms with Gasteiger partial charge in [-0.25, -0.2) is 0 Å². The summed E-state index contributed by atoms with van der Waals surface area (Å²) in [6.07, 6.45) is 0.942. The van der Waals surface area contributed by atoms with E-state index < -0.39 is 0 Å². The second-order valence-electron chi connectivity index (χ2n) is 3.73. The summed E-state index contributed by atoms with van der Waals surface area (Å²) in [4.78, 5) is 0. The Labute approximate surface area is 99.8 Å². The summed E-state index contributed by atoms with van der Waals surface area (Å²) in [5, 5.41) is 12.5. The number of benzene rings is 1. The highest BCUT2D eigenvalue weighted by molar-refractivity contribution is 9.10. The first kappa shape index (κ1) is 12.7. The highest BCUT2D eigenvalue weighted by atomic mass is 79.9. The van der Waals surface area contributed by atoms with E-state index in [-0.39, 0.29) is 18.7 Å². The van der Waals surface area contributed by atoms with Gasteiger partial charge in [-0.05, 0) is 31.0 Å². The average molecular weight is 272 g/mol. The predicted octanol–water partition coefficient (Wildman–Crippen LogP) is 2.87. The molecule has 1 unspecified atom stereocenters. The molecule has 2 atom stereocenters. The van der Waals surface area contributed by atoms with Crippen LogP contribution in [-0.2, 0) is 0 Å². The summed E-state index contributed by atoms with van der Waals surface area (Å²) in [6, 6.07) is 8.71. The maximum absolute atomic E-state index is 9.10. The summed E-state index contributed by atoms with van der Waals surface area (Å²) in [5.41, 5.74) is 1.24. The van der Waals surface area contributed by atoms with E-state index in [9.17, 15) is 0 Å². The molecule has 0 spiro atoms. The number of aliphatic hydroxyl groups is 1. The van der Waals surface area contributed by atoms with Gasteiger partial charge in [0.2, 0.25) is 0 Å². The third kappa shape index (κ3) is 3.93. The molecule has 2 N–H and O–H groups in total. The molecule has 0 radical (unpaired) electrons. The Kier molecular flexibility index (Phi) is 5.29. The van der Waals surface area contributed by atoms with Gasteiger partial charge in [0, 0.05) is 16.6 Å². The third-order valence-corrected chi connectivity index (χ3v) is 3.10. The molecule has 2 nitrogen and oxygen atoms in total. The van der Waals surface area contributed by atoms with Crippen molar-refractivity contribution in [3.63, 3.8) is 0 Å². The van der Waals surface area contributed by atoms with Crippen LogP contribution in [0.25, 0.3) is 0 Å². The van der Waals surface area contributed by atoms with Crippen molar-refractivity contribution in [3.05, 3.63) is 34.3 Å². The molecule has 0 aromatic heterocycles. The first-order chi connectivity index (χ1) is 7.17. The predicted molar refractivity (Wildman–Crippen MR) is 66.9 cm³/mol. The summed E-state index contributed by atoms with van der Waals surface area (Å²) in [5.74, 6) is 0. The topological polar surface area (TPSA) is 32.3 Å². The Balaban J connectivity index is 2.60. The van der Waals surface area contributed by atoms with Gasteiger partial charge >= 0.3 is 0 Å². The highest BCUT2D eigenvalue weighted by Gasteiger charge is 2.10. The third-order valence-electron chi connectivity index (χ3n) is 2.57. The monoisotopic (exact) mass is 271 g/mol. The van der Waals surface area contributed by atoms with Gasteiger partial charge in [-0.15, -0.1) is 0 Å². The zero-order chi connectivity index (χ0) is 11.3. The standard InChI is InChI=1S/C12H18BrNO/c1-3-12(8-15)14-9(2)10-4-6-11(13)7-5-10/h4-7,9,12,14-15H,3,8H2,1-2H3/t9?,12-/m0/s1. The van der Waals surface area contributed by atoms with Crippen LogP contribution < -0.4 is 5.32 Å². The van der Waals surface area contributed by atoms with Gasteiger partial charge in [-0.1, -0.05) is 35.0 Å². The van der Waals surface area contributed by atoms with Crippen LogP contribution in [0.1, 0.15) is 31.9 Å². The molecule has 0 saturated carbocycles. The van der Waals surface area contributed by atoms with E-state index in [1.807, 2.05) is 12.1 Å². The Morgan fingerprint density at radius 2 is 1.93 bits per heavy atom. The van der Waals surface area contributed by atoms with E-state index in [0.29, 0.717) is 0 Å². The molecule has 15 heavy (non-hydrogen) atoms. The van der Waals surface area contributed by atoms with Crippen LogP contribution in [0.4, 0.5) is 0 Å². The molecule has 0 aliphatic carbocycles. The van der Waals surface area contributed by atoms with Crippen LogP contribution in [0, 0.1) is 0 Å². The summed E-state index contributed by atoms with van der Waals surface area (Å²) >= 11 is 3.41. The Hall–Kier alpha value is -0.380. The normalized spacial score (nSPS) is 14.9. The molecule has 1 aromatic carbocycles. The van der Waals surface area contributed by atoms with E-state index in [1.54, 1.807) is 0 Å². The lowest BCUT2D eigenvalue weighted by molar-refractivity contribution is 0.230. The smallest absolute Gasteiger partial charge is 0.0584 e. The fourth-order valence-corrected chi connectivity index (χ4v) is 1.77. The lowest BCUT2D eigenvalue weighted by Gasteiger charge is -2.20. The Morgan fingerprint density at radius 3 is 2.40 bits per heavy atom. The molecule has 0 aliphatic rings. The fourth-order valence-electron chi connectivity index (χ4n) is 1.50. The number of hydrogen-bond donors (Lipinski definition) is 2. The molecule has 0 amide bonds. The summed E-state index contributed by atoms with van der Waals surface area (Å²) < 4.78 is 1.09. The minimum atomic E-state index is 0.184. The van der Waals surface area contributed by atoms with E-state index in [1.165, 1.54) is 5.56 Å². The van der Waals surface area contributed by atoms with E-state index >= 15 is 0 Å². The van der Waals surface area contributed by atoms with Gasteiger partial charge in [0.25, 0.3) is 0 Å². The van der Waals surface area contributed by atoms with Crippen molar-refractivity contribution in [3.8, 4) is 0 Å². The van der Waals surface area contributed by atoms with Crippen LogP contribution >= 0.6 is 15.9 Å². The SMILES string of the molecule is CC[C@@H](CO)NC(C)c1ccc(Br)cc1. The summed E-state index contributed by atoms with van der Waals surface area (Å²) in [7, 11) is 0. The maximum atomic E-state index is 9.10. The number of halogens is 1. The molecule has 0 fully saturated rings. The highest BCUT2D eigenvalue weighted by Crippen LogP contribution is 2.17. The van der Waals surface area contributed by atoms with Crippen molar-refractivity contribution in [2.75, 3.05) is 6.61 Å². The first-order valence-electron chi connectivity index (χ1n) is 5.29. The van der Waals surface area contributed by atoms with Gasteiger partial charge in [0.15, 0.2) is 0 Å².